The predicted octanol–water partition coefficient (Wildman–Crippen LogP) is 0.874. The Morgan fingerprint density at radius 3 is 2.44 bits per heavy atom. The van der Waals surface area contributed by atoms with Crippen LogP contribution in [0.3, 0.4) is 0 Å². The molecule has 1 aromatic rings. The number of benzene rings is 1. The zero-order chi connectivity index (χ0) is 20.1. The van der Waals surface area contributed by atoms with Crippen molar-refractivity contribution >= 4 is 11.9 Å². The van der Waals surface area contributed by atoms with Crippen LogP contribution in [-0.4, -0.2) is 77.5 Å². The summed E-state index contributed by atoms with van der Waals surface area (Å²) in [5.41, 5.74) is 1.02. The highest BCUT2D eigenvalue weighted by Gasteiger charge is 2.15. The first-order chi connectivity index (χ1) is 13.0. The third-order valence-corrected chi connectivity index (χ3v) is 3.82. The van der Waals surface area contributed by atoms with Gasteiger partial charge in [0.05, 0.1) is 40.5 Å². The van der Waals surface area contributed by atoms with E-state index < -0.39 is 0 Å². The van der Waals surface area contributed by atoms with Gasteiger partial charge in [-0.15, -0.1) is 0 Å². The van der Waals surface area contributed by atoms with Crippen molar-refractivity contribution in [1.82, 2.24) is 10.2 Å². The molecule has 0 spiro atoms. The van der Waals surface area contributed by atoms with Crippen LogP contribution in [0.4, 0.5) is 0 Å². The number of carbonyl (C=O) groups excluding carboxylic acids is 2. The molecule has 0 heterocycles. The summed E-state index contributed by atoms with van der Waals surface area (Å²) in [5, 5.41) is 2.86. The van der Waals surface area contributed by atoms with E-state index in [0.717, 1.165) is 5.56 Å². The van der Waals surface area contributed by atoms with E-state index >= 15 is 0 Å². The van der Waals surface area contributed by atoms with Gasteiger partial charge in [0.15, 0.2) is 11.5 Å². The molecule has 0 radical (unpaired) electrons. The van der Waals surface area contributed by atoms with Crippen LogP contribution in [0.1, 0.15) is 12.5 Å². The summed E-state index contributed by atoms with van der Waals surface area (Å²) in [7, 11) is 4.75. The molecule has 1 rings (SSSR count). The minimum atomic E-state index is -0.355. The average Bonchev–Trinajstić information content (AvgIpc) is 2.66. The van der Waals surface area contributed by atoms with Crippen LogP contribution < -0.4 is 14.8 Å². The van der Waals surface area contributed by atoms with Gasteiger partial charge in [0.25, 0.3) is 0 Å². The van der Waals surface area contributed by atoms with E-state index in [1.165, 1.54) is 0 Å². The first-order valence-electron chi connectivity index (χ1n) is 8.88. The molecule has 0 saturated heterocycles. The number of rotatable bonds is 13. The molecule has 8 heteroatoms. The topological polar surface area (TPSA) is 86.3 Å². The van der Waals surface area contributed by atoms with Crippen LogP contribution in [0.15, 0.2) is 18.2 Å². The Kier molecular flexibility index (Phi) is 10.9. The minimum Gasteiger partial charge on any atom is -0.493 e. The van der Waals surface area contributed by atoms with Crippen molar-refractivity contribution in [3.8, 4) is 11.5 Å². The number of esters is 1. The largest absolute Gasteiger partial charge is 0.493 e. The third-order valence-electron chi connectivity index (χ3n) is 3.82. The molecule has 1 N–H and O–H groups in total. The summed E-state index contributed by atoms with van der Waals surface area (Å²) in [6, 6.07) is 5.65. The first-order valence-corrected chi connectivity index (χ1v) is 8.88. The zero-order valence-corrected chi connectivity index (χ0v) is 16.6. The smallest absolute Gasteiger partial charge is 0.320 e. The molecular weight excluding hydrogens is 352 g/mol. The highest BCUT2D eigenvalue weighted by Crippen LogP contribution is 2.27. The van der Waals surface area contributed by atoms with Gasteiger partial charge in [0.2, 0.25) is 5.91 Å². The van der Waals surface area contributed by atoms with Crippen molar-refractivity contribution in [3.63, 3.8) is 0 Å². The van der Waals surface area contributed by atoms with Crippen LogP contribution in [0.5, 0.6) is 11.5 Å². The highest BCUT2D eigenvalue weighted by atomic mass is 16.5. The maximum atomic E-state index is 12.2. The van der Waals surface area contributed by atoms with E-state index in [1.54, 1.807) is 33.2 Å². The van der Waals surface area contributed by atoms with E-state index in [1.807, 2.05) is 18.2 Å². The Balaban J connectivity index is 2.48. The summed E-state index contributed by atoms with van der Waals surface area (Å²) < 4.78 is 20.5. The molecule has 0 saturated carbocycles. The molecule has 0 unspecified atom stereocenters. The quantitative estimate of drug-likeness (QED) is 0.507. The number of methoxy groups -OCH3 is 3. The number of hydrogen-bond acceptors (Lipinski definition) is 7. The highest BCUT2D eigenvalue weighted by molar-refractivity contribution is 5.79. The SMILES string of the molecule is CCOC(=O)CN(CCOC)CC(=O)NCCc1ccc(OC)c(OC)c1. The lowest BCUT2D eigenvalue weighted by molar-refractivity contribution is -0.144. The second-order valence-electron chi connectivity index (χ2n) is 5.80. The molecule has 0 aromatic heterocycles. The van der Waals surface area contributed by atoms with E-state index in [4.69, 9.17) is 18.9 Å². The lowest BCUT2D eigenvalue weighted by Crippen LogP contribution is -2.42. The van der Waals surface area contributed by atoms with E-state index in [2.05, 4.69) is 5.32 Å². The van der Waals surface area contributed by atoms with Crippen molar-refractivity contribution in [1.29, 1.82) is 0 Å². The van der Waals surface area contributed by atoms with Crippen molar-refractivity contribution < 1.29 is 28.5 Å². The summed E-state index contributed by atoms with van der Waals surface area (Å²) in [4.78, 5) is 25.5. The fourth-order valence-corrected chi connectivity index (χ4v) is 2.46. The molecule has 0 aliphatic carbocycles. The summed E-state index contributed by atoms with van der Waals surface area (Å²) in [5.74, 6) is 0.808. The normalized spacial score (nSPS) is 10.6. The second-order valence-corrected chi connectivity index (χ2v) is 5.80. The first kappa shape index (κ1) is 22.7. The van der Waals surface area contributed by atoms with Gasteiger partial charge >= 0.3 is 5.97 Å². The standard InChI is InChI=1S/C19H30N2O6/c1-5-27-19(23)14-21(10-11-24-2)13-18(22)20-9-8-15-6-7-16(25-3)17(12-15)26-4/h6-7,12H,5,8-11,13-14H2,1-4H3,(H,20,22). The van der Waals surface area contributed by atoms with Gasteiger partial charge in [0.1, 0.15) is 0 Å². The Hall–Kier alpha value is -2.32. The molecule has 0 atom stereocenters. The van der Waals surface area contributed by atoms with Gasteiger partial charge in [-0.25, -0.2) is 0 Å². The summed E-state index contributed by atoms with van der Waals surface area (Å²) in [6.45, 7) is 3.60. The summed E-state index contributed by atoms with van der Waals surface area (Å²) in [6.07, 6.45) is 0.655. The third kappa shape index (κ3) is 8.74. The number of nitrogens with one attached hydrogen (secondary N) is 1. The van der Waals surface area contributed by atoms with Gasteiger partial charge in [-0.3, -0.25) is 14.5 Å². The number of ether oxygens (including phenoxy) is 4. The van der Waals surface area contributed by atoms with Gasteiger partial charge in [-0.2, -0.15) is 0 Å². The minimum absolute atomic E-state index is 0.0559. The van der Waals surface area contributed by atoms with Gasteiger partial charge in [0, 0.05) is 20.2 Å². The second kappa shape index (κ2) is 12.9. The number of amides is 1. The maximum absolute atomic E-state index is 12.2. The van der Waals surface area contributed by atoms with E-state index in [0.29, 0.717) is 44.2 Å². The van der Waals surface area contributed by atoms with Crippen LogP contribution >= 0.6 is 0 Å². The molecule has 0 bridgehead atoms. The van der Waals surface area contributed by atoms with Gasteiger partial charge in [-0.1, -0.05) is 6.07 Å². The fraction of sp³-hybridized carbons (Fsp3) is 0.579. The molecule has 0 aliphatic heterocycles. The molecule has 0 aliphatic rings. The maximum Gasteiger partial charge on any atom is 0.320 e. The number of carbonyl (C=O) groups is 2. The van der Waals surface area contributed by atoms with Crippen molar-refractivity contribution in [2.75, 3.05) is 60.7 Å². The lowest BCUT2D eigenvalue weighted by atomic mass is 10.1. The Morgan fingerprint density at radius 1 is 1.07 bits per heavy atom. The number of nitrogens with zero attached hydrogens (tertiary/aromatic N) is 1. The fourth-order valence-electron chi connectivity index (χ4n) is 2.46. The molecule has 8 nitrogen and oxygen atoms in total. The van der Waals surface area contributed by atoms with Crippen LogP contribution in [0.25, 0.3) is 0 Å². The monoisotopic (exact) mass is 382 g/mol. The van der Waals surface area contributed by atoms with Crippen LogP contribution in [-0.2, 0) is 25.5 Å². The van der Waals surface area contributed by atoms with Crippen molar-refractivity contribution in [3.05, 3.63) is 23.8 Å². The van der Waals surface area contributed by atoms with Crippen molar-refractivity contribution in [2.24, 2.45) is 0 Å². The Bertz CT molecular complexity index is 594. The Morgan fingerprint density at radius 2 is 1.81 bits per heavy atom. The van der Waals surface area contributed by atoms with Crippen LogP contribution in [0, 0.1) is 0 Å². The summed E-state index contributed by atoms with van der Waals surface area (Å²) >= 11 is 0. The molecule has 1 amide bonds. The average molecular weight is 382 g/mol. The number of hydrogen-bond donors (Lipinski definition) is 1. The van der Waals surface area contributed by atoms with E-state index in [9.17, 15) is 9.59 Å². The van der Waals surface area contributed by atoms with E-state index in [-0.39, 0.29) is 25.0 Å². The lowest BCUT2D eigenvalue weighted by Gasteiger charge is -2.20. The molecule has 27 heavy (non-hydrogen) atoms. The van der Waals surface area contributed by atoms with Crippen LogP contribution in [0.2, 0.25) is 0 Å². The molecule has 1 aromatic carbocycles. The van der Waals surface area contributed by atoms with Gasteiger partial charge in [-0.05, 0) is 31.0 Å². The van der Waals surface area contributed by atoms with Gasteiger partial charge < -0.3 is 24.3 Å². The van der Waals surface area contributed by atoms with Crippen molar-refractivity contribution in [2.45, 2.75) is 13.3 Å². The predicted molar refractivity (Wildman–Crippen MR) is 101 cm³/mol. The zero-order valence-electron chi connectivity index (χ0n) is 16.6. The molecule has 0 fully saturated rings. The Labute approximate surface area is 160 Å². The molecular formula is C19H30N2O6. The molecule has 152 valence electrons.